The van der Waals surface area contributed by atoms with Crippen molar-refractivity contribution in [2.24, 2.45) is 0 Å². The fraction of sp³-hybridized carbons (Fsp3) is 0.455. The molecule has 1 N–H and O–H groups in total. The summed E-state index contributed by atoms with van der Waals surface area (Å²) in [5.41, 5.74) is 1.62. The molecule has 0 saturated carbocycles. The van der Waals surface area contributed by atoms with E-state index < -0.39 is 0 Å². The number of fused-ring (bicyclic) bond motifs is 3. The Bertz CT molecular complexity index is 1260. The van der Waals surface area contributed by atoms with Crippen molar-refractivity contribution in [1.82, 2.24) is 29.6 Å². The first kappa shape index (κ1) is 20.1. The van der Waals surface area contributed by atoms with Gasteiger partial charge in [-0.2, -0.15) is 5.10 Å². The lowest BCUT2D eigenvalue weighted by molar-refractivity contribution is 0.134. The fourth-order valence-electron chi connectivity index (χ4n) is 5.33. The first-order valence-corrected chi connectivity index (χ1v) is 12.7. The summed E-state index contributed by atoms with van der Waals surface area (Å²) in [6.45, 7) is 3.44. The molecule has 0 unspecified atom stereocenters. The maximum Gasteiger partial charge on any atom is 0.257 e. The Morgan fingerprint density at radius 3 is 2.59 bits per heavy atom. The summed E-state index contributed by atoms with van der Waals surface area (Å²) in [4.78, 5) is 29.2. The van der Waals surface area contributed by atoms with Crippen LogP contribution in [0.2, 0.25) is 0 Å². The van der Waals surface area contributed by atoms with Crippen LogP contribution in [0.1, 0.15) is 32.6 Å². The summed E-state index contributed by atoms with van der Waals surface area (Å²) in [5.74, 6) is 0. The molecule has 0 aromatic carbocycles. The number of aromatic nitrogens is 5. The number of nitrogens with one attached hydrogen (secondary N) is 1. The van der Waals surface area contributed by atoms with Gasteiger partial charge in [0.25, 0.3) is 5.56 Å². The van der Waals surface area contributed by atoms with Crippen LogP contribution in [0.25, 0.3) is 25.9 Å². The zero-order valence-electron chi connectivity index (χ0n) is 18.1. The maximum atomic E-state index is 12.7. The second-order valence-electron chi connectivity index (χ2n) is 8.67. The van der Waals surface area contributed by atoms with Crippen LogP contribution in [0, 0.1) is 0 Å². The smallest absolute Gasteiger partial charge is 0.257 e. The quantitative estimate of drug-likeness (QED) is 0.481. The Labute approximate surface area is 193 Å². The summed E-state index contributed by atoms with van der Waals surface area (Å²) >= 11 is 3.09. The number of rotatable bonds is 5. The lowest BCUT2D eigenvalue weighted by Crippen LogP contribution is -2.49. The van der Waals surface area contributed by atoms with Gasteiger partial charge in [-0.25, -0.2) is 9.97 Å². The van der Waals surface area contributed by atoms with Crippen molar-refractivity contribution >= 4 is 37.5 Å². The van der Waals surface area contributed by atoms with Crippen molar-refractivity contribution < 1.29 is 0 Å². The van der Waals surface area contributed by atoms with E-state index in [-0.39, 0.29) is 5.56 Å². The Morgan fingerprint density at radius 1 is 1.16 bits per heavy atom. The molecule has 4 aromatic heterocycles. The number of nitrogens with zero attached hydrogens (tertiary/aromatic N) is 6. The van der Waals surface area contributed by atoms with Gasteiger partial charge in [0.05, 0.1) is 6.20 Å². The van der Waals surface area contributed by atoms with Crippen molar-refractivity contribution in [2.75, 3.05) is 18.5 Å². The third-order valence-corrected chi connectivity index (χ3v) is 9.10. The van der Waals surface area contributed by atoms with E-state index in [2.05, 4.69) is 34.0 Å². The van der Waals surface area contributed by atoms with Crippen molar-refractivity contribution in [3.63, 3.8) is 0 Å². The zero-order valence-corrected chi connectivity index (χ0v) is 19.7. The van der Waals surface area contributed by atoms with Gasteiger partial charge in [-0.1, -0.05) is 29.6 Å². The molecule has 2 saturated heterocycles. The number of aromatic amines is 1. The number of anilines is 1. The van der Waals surface area contributed by atoms with Gasteiger partial charge >= 0.3 is 0 Å². The number of thiazole rings is 2. The van der Waals surface area contributed by atoms with Gasteiger partial charge in [-0.15, -0.1) is 0 Å². The predicted octanol–water partition coefficient (Wildman–Crippen LogP) is 3.75. The molecule has 3 atom stereocenters. The minimum Gasteiger partial charge on any atom is -0.348 e. The van der Waals surface area contributed by atoms with E-state index in [0.29, 0.717) is 23.3 Å². The molecule has 0 aliphatic carbocycles. The van der Waals surface area contributed by atoms with Crippen LogP contribution in [0.5, 0.6) is 0 Å². The molecule has 4 aromatic rings. The van der Waals surface area contributed by atoms with Gasteiger partial charge in [0, 0.05) is 49.2 Å². The summed E-state index contributed by atoms with van der Waals surface area (Å²) in [5, 5.41) is 8.41. The Morgan fingerprint density at radius 2 is 1.94 bits per heavy atom. The van der Waals surface area contributed by atoms with E-state index in [1.807, 2.05) is 6.07 Å². The highest BCUT2D eigenvalue weighted by atomic mass is 32.1. The van der Waals surface area contributed by atoms with Crippen LogP contribution in [0.15, 0.2) is 35.5 Å². The topological polar surface area (TPSA) is 82.9 Å². The average molecular weight is 468 g/mol. The van der Waals surface area contributed by atoms with Crippen LogP contribution in [-0.2, 0) is 0 Å². The van der Waals surface area contributed by atoms with Crippen molar-refractivity contribution in [3.8, 4) is 16.3 Å². The summed E-state index contributed by atoms with van der Waals surface area (Å²) in [6, 6.07) is 5.49. The molecule has 2 aliphatic heterocycles. The second-order valence-corrected chi connectivity index (χ2v) is 10.6. The minimum absolute atomic E-state index is 0.111. The van der Waals surface area contributed by atoms with E-state index >= 15 is 0 Å². The highest BCUT2D eigenvalue weighted by Gasteiger charge is 2.41. The molecule has 32 heavy (non-hydrogen) atoms. The first-order valence-electron chi connectivity index (χ1n) is 11.1. The number of pyridine rings is 1. The molecule has 166 valence electrons. The van der Waals surface area contributed by atoms with Crippen LogP contribution >= 0.6 is 22.7 Å². The molecule has 6 heterocycles. The minimum atomic E-state index is -0.111. The average Bonchev–Trinajstić information content (AvgIpc) is 3.56. The number of hydrogen-bond donors (Lipinski definition) is 1. The lowest BCUT2D eigenvalue weighted by Gasteiger charge is -2.41. The van der Waals surface area contributed by atoms with E-state index in [1.165, 1.54) is 37.0 Å². The molecule has 2 aliphatic rings. The normalized spacial score (nSPS) is 23.2. The van der Waals surface area contributed by atoms with Gasteiger partial charge in [0.2, 0.25) is 0 Å². The zero-order chi connectivity index (χ0) is 21.8. The molecular formula is C22H25N7OS2. The summed E-state index contributed by atoms with van der Waals surface area (Å²) in [6.07, 6.45) is 10.3. The maximum absolute atomic E-state index is 12.7. The Balaban J connectivity index is 1.24. The van der Waals surface area contributed by atoms with Crippen LogP contribution in [-0.4, -0.2) is 61.4 Å². The van der Waals surface area contributed by atoms with Crippen LogP contribution < -0.4 is 10.5 Å². The highest BCUT2D eigenvalue weighted by molar-refractivity contribution is 7.29. The second kappa shape index (κ2) is 7.79. The van der Waals surface area contributed by atoms with Gasteiger partial charge in [0.15, 0.2) is 19.9 Å². The van der Waals surface area contributed by atoms with Gasteiger partial charge < -0.3 is 4.90 Å². The van der Waals surface area contributed by atoms with E-state index in [9.17, 15) is 4.79 Å². The molecule has 0 radical (unpaired) electrons. The SMILES string of the molecule is CCN1[C@@H]2CC[C@H]1C[C@H](N(C)c1nc3sc(-n4ccc(-c5cn[nH]c5)cc4=O)nc3s1)C2. The molecule has 0 amide bonds. The fourth-order valence-corrected chi connectivity index (χ4v) is 7.39. The Hall–Kier alpha value is -2.56. The van der Waals surface area contributed by atoms with Crippen molar-refractivity contribution in [1.29, 1.82) is 0 Å². The van der Waals surface area contributed by atoms with Gasteiger partial charge in [0.1, 0.15) is 0 Å². The van der Waals surface area contributed by atoms with Crippen LogP contribution in [0.4, 0.5) is 5.13 Å². The molecule has 10 heteroatoms. The molecule has 6 rings (SSSR count). The van der Waals surface area contributed by atoms with Gasteiger partial charge in [-0.05, 0) is 43.9 Å². The molecule has 2 fully saturated rings. The van der Waals surface area contributed by atoms with E-state index in [0.717, 1.165) is 32.5 Å². The predicted molar refractivity (Wildman–Crippen MR) is 129 cm³/mol. The standard InChI is InChI=1S/C22H25N7OS2/c1-3-28-15-4-5-16(28)10-17(9-15)27(2)21-25-19-20(31-21)26-22(32-19)29-7-6-13(8-18(29)30)14-11-23-24-12-14/h6-8,11-12,15-17H,3-5,9-10H2,1-2H3,(H,23,24)/t15-,16+,17-. The molecule has 8 nitrogen and oxygen atoms in total. The number of piperidine rings is 1. The first-order chi connectivity index (χ1) is 15.6. The third-order valence-electron chi connectivity index (χ3n) is 6.98. The van der Waals surface area contributed by atoms with Gasteiger partial charge in [-0.3, -0.25) is 19.4 Å². The van der Waals surface area contributed by atoms with Crippen LogP contribution in [0.3, 0.4) is 0 Å². The third kappa shape index (κ3) is 3.28. The largest absolute Gasteiger partial charge is 0.348 e. The summed E-state index contributed by atoms with van der Waals surface area (Å²) < 4.78 is 1.59. The van der Waals surface area contributed by atoms with E-state index in [4.69, 9.17) is 9.97 Å². The number of hydrogen-bond acceptors (Lipinski definition) is 8. The Kier molecular flexibility index (Phi) is 4.89. The monoisotopic (exact) mass is 467 g/mol. The van der Waals surface area contributed by atoms with Crippen molar-refractivity contribution in [2.45, 2.75) is 50.7 Å². The number of H-pyrrole nitrogens is 1. The molecular weight excluding hydrogens is 442 g/mol. The highest BCUT2D eigenvalue weighted by Crippen LogP contribution is 2.40. The lowest BCUT2D eigenvalue weighted by atomic mass is 9.96. The van der Waals surface area contributed by atoms with Crippen molar-refractivity contribution in [3.05, 3.63) is 41.1 Å². The summed E-state index contributed by atoms with van der Waals surface area (Å²) in [7, 11) is 2.17. The van der Waals surface area contributed by atoms with E-state index in [1.54, 1.807) is 40.6 Å². The molecule has 0 spiro atoms. The molecule has 2 bridgehead atoms.